The van der Waals surface area contributed by atoms with Crippen molar-refractivity contribution in [2.24, 2.45) is 0 Å². The Morgan fingerprint density at radius 1 is 1.33 bits per heavy atom. The molecular formula is C18H26ClFN2O2. The van der Waals surface area contributed by atoms with Gasteiger partial charge in [0.25, 0.3) is 0 Å². The summed E-state index contributed by atoms with van der Waals surface area (Å²) in [4.78, 5) is 11.9. The normalized spacial score (nSPS) is 16.9. The third-order valence-electron chi connectivity index (χ3n) is 4.22. The highest BCUT2D eigenvalue weighted by Gasteiger charge is 2.34. The van der Waals surface area contributed by atoms with Crippen LogP contribution in [0.25, 0.3) is 0 Å². The van der Waals surface area contributed by atoms with Gasteiger partial charge in [-0.05, 0) is 39.7 Å². The lowest BCUT2D eigenvalue weighted by atomic mass is 9.97. The first-order valence-electron chi connectivity index (χ1n) is 8.36. The zero-order valence-corrected chi connectivity index (χ0v) is 15.3. The molecule has 1 aromatic rings. The highest BCUT2D eigenvalue weighted by atomic mass is 35.5. The van der Waals surface area contributed by atoms with E-state index >= 15 is 0 Å². The minimum absolute atomic E-state index is 0.127. The van der Waals surface area contributed by atoms with Crippen LogP contribution in [0.4, 0.5) is 9.18 Å². The van der Waals surface area contributed by atoms with Crippen LogP contribution in [0.2, 0.25) is 5.02 Å². The average molecular weight is 357 g/mol. The summed E-state index contributed by atoms with van der Waals surface area (Å²) in [6, 6.07) is 5.00. The van der Waals surface area contributed by atoms with Crippen LogP contribution in [0.3, 0.4) is 0 Å². The molecule has 0 heterocycles. The quantitative estimate of drug-likeness (QED) is 0.821. The van der Waals surface area contributed by atoms with Gasteiger partial charge in [0.2, 0.25) is 0 Å². The first kappa shape index (κ1) is 19.0. The highest BCUT2D eigenvalue weighted by molar-refractivity contribution is 6.30. The van der Waals surface area contributed by atoms with Crippen LogP contribution in [0.5, 0.6) is 0 Å². The minimum atomic E-state index is -0.524. The van der Waals surface area contributed by atoms with Gasteiger partial charge in [0.1, 0.15) is 11.4 Å². The molecule has 1 fully saturated rings. The van der Waals surface area contributed by atoms with Crippen molar-refractivity contribution in [1.29, 1.82) is 0 Å². The number of benzene rings is 1. The lowest BCUT2D eigenvalue weighted by Crippen LogP contribution is -2.52. The summed E-state index contributed by atoms with van der Waals surface area (Å²) in [6.07, 6.45) is 3.61. The largest absolute Gasteiger partial charge is 0.444 e. The van der Waals surface area contributed by atoms with Gasteiger partial charge in [0, 0.05) is 24.2 Å². The molecule has 1 aliphatic rings. The van der Waals surface area contributed by atoms with Crippen LogP contribution in [-0.4, -0.2) is 23.8 Å². The molecule has 0 atom stereocenters. The standard InChI is InChI=1S/C18H26ClFN2O2/c1-17(2,3)24-16(23)21-12-18(9-4-5-10-18)22-11-13-7-6-8-14(19)15(13)20/h6-8,22H,4-5,9-12H2,1-3H3,(H,21,23). The Bertz CT molecular complexity index is 581. The summed E-state index contributed by atoms with van der Waals surface area (Å²) >= 11 is 5.83. The smallest absolute Gasteiger partial charge is 0.407 e. The summed E-state index contributed by atoms with van der Waals surface area (Å²) in [5, 5.41) is 6.40. The fourth-order valence-corrected chi connectivity index (χ4v) is 3.19. The second-order valence-corrected chi connectivity index (χ2v) is 7.82. The first-order valence-corrected chi connectivity index (χ1v) is 8.73. The highest BCUT2D eigenvalue weighted by Crippen LogP contribution is 2.30. The van der Waals surface area contributed by atoms with Crippen LogP contribution in [0.15, 0.2) is 18.2 Å². The van der Waals surface area contributed by atoms with Crippen LogP contribution in [0, 0.1) is 5.82 Å². The molecule has 0 unspecified atom stereocenters. The van der Waals surface area contributed by atoms with Crippen molar-refractivity contribution in [3.63, 3.8) is 0 Å². The number of rotatable bonds is 5. The minimum Gasteiger partial charge on any atom is -0.444 e. The zero-order chi connectivity index (χ0) is 17.8. The van der Waals surface area contributed by atoms with Crippen molar-refractivity contribution in [2.45, 2.75) is 64.1 Å². The molecule has 134 valence electrons. The van der Waals surface area contributed by atoms with Crippen LogP contribution in [0.1, 0.15) is 52.0 Å². The van der Waals surface area contributed by atoms with Gasteiger partial charge in [-0.1, -0.05) is 36.6 Å². The predicted octanol–water partition coefficient (Wildman–Crippen LogP) is 4.41. The number of carbonyl (C=O) groups excluding carboxylic acids is 1. The number of ether oxygens (including phenoxy) is 1. The lowest BCUT2D eigenvalue weighted by Gasteiger charge is -2.31. The molecule has 0 aliphatic heterocycles. The molecule has 1 saturated carbocycles. The zero-order valence-electron chi connectivity index (χ0n) is 14.5. The van der Waals surface area contributed by atoms with Crippen molar-refractivity contribution < 1.29 is 13.9 Å². The predicted molar refractivity (Wildman–Crippen MR) is 93.7 cm³/mol. The van der Waals surface area contributed by atoms with Crippen molar-refractivity contribution in [1.82, 2.24) is 10.6 Å². The molecule has 2 N–H and O–H groups in total. The third-order valence-corrected chi connectivity index (χ3v) is 4.51. The van der Waals surface area contributed by atoms with E-state index in [-0.39, 0.29) is 16.4 Å². The van der Waals surface area contributed by atoms with E-state index in [2.05, 4.69) is 10.6 Å². The summed E-state index contributed by atoms with van der Waals surface area (Å²) in [5.74, 6) is -0.389. The van der Waals surface area contributed by atoms with Crippen molar-refractivity contribution in [3.8, 4) is 0 Å². The molecule has 0 bridgehead atoms. The van der Waals surface area contributed by atoms with Gasteiger partial charge in [-0.25, -0.2) is 9.18 Å². The Morgan fingerprint density at radius 2 is 2.00 bits per heavy atom. The Labute approximate surface area is 148 Å². The van der Waals surface area contributed by atoms with E-state index in [1.165, 1.54) is 6.07 Å². The molecule has 0 spiro atoms. The monoisotopic (exact) mass is 356 g/mol. The van der Waals surface area contributed by atoms with Gasteiger partial charge in [0.05, 0.1) is 5.02 Å². The first-order chi connectivity index (χ1) is 11.2. The van der Waals surface area contributed by atoms with Gasteiger partial charge in [0.15, 0.2) is 0 Å². The molecule has 0 aromatic heterocycles. The van der Waals surface area contributed by atoms with E-state index in [0.29, 0.717) is 18.7 Å². The molecule has 1 aromatic carbocycles. The van der Waals surface area contributed by atoms with E-state index in [1.807, 2.05) is 20.8 Å². The molecule has 24 heavy (non-hydrogen) atoms. The Morgan fingerprint density at radius 3 is 2.62 bits per heavy atom. The summed E-state index contributed by atoms with van der Waals surface area (Å²) in [6.45, 7) is 6.33. The molecule has 2 rings (SSSR count). The number of hydrogen-bond acceptors (Lipinski definition) is 3. The Hall–Kier alpha value is -1.33. The number of carbonyl (C=O) groups is 1. The maximum Gasteiger partial charge on any atom is 0.407 e. The van der Waals surface area contributed by atoms with Crippen molar-refractivity contribution in [3.05, 3.63) is 34.6 Å². The molecule has 4 nitrogen and oxygen atoms in total. The Balaban J connectivity index is 1.95. The number of amides is 1. The van der Waals surface area contributed by atoms with E-state index in [0.717, 1.165) is 25.7 Å². The number of halogens is 2. The van der Waals surface area contributed by atoms with Gasteiger partial charge in [-0.2, -0.15) is 0 Å². The summed E-state index contributed by atoms with van der Waals surface area (Å²) in [7, 11) is 0. The molecule has 1 amide bonds. The van der Waals surface area contributed by atoms with Gasteiger partial charge in [-0.15, -0.1) is 0 Å². The Kier molecular flexibility index (Phi) is 6.10. The molecule has 6 heteroatoms. The topological polar surface area (TPSA) is 50.4 Å². The van der Waals surface area contributed by atoms with Crippen molar-refractivity contribution >= 4 is 17.7 Å². The fourth-order valence-electron chi connectivity index (χ4n) is 2.99. The maximum absolute atomic E-state index is 14.0. The van der Waals surface area contributed by atoms with Gasteiger partial charge < -0.3 is 15.4 Å². The van der Waals surface area contributed by atoms with E-state index < -0.39 is 11.7 Å². The SMILES string of the molecule is CC(C)(C)OC(=O)NCC1(NCc2cccc(Cl)c2F)CCCC1. The number of nitrogens with one attached hydrogen (secondary N) is 2. The fraction of sp³-hybridized carbons (Fsp3) is 0.611. The average Bonchev–Trinajstić information content (AvgIpc) is 2.94. The third kappa shape index (κ3) is 5.35. The second kappa shape index (κ2) is 7.70. The molecule has 0 saturated heterocycles. The van der Waals surface area contributed by atoms with E-state index in [4.69, 9.17) is 16.3 Å². The molecule has 0 radical (unpaired) electrons. The molecule has 1 aliphatic carbocycles. The van der Waals surface area contributed by atoms with Crippen LogP contribution < -0.4 is 10.6 Å². The summed E-state index contributed by atoms with van der Waals surface area (Å²) < 4.78 is 19.3. The van der Waals surface area contributed by atoms with E-state index in [1.54, 1.807) is 12.1 Å². The van der Waals surface area contributed by atoms with E-state index in [9.17, 15) is 9.18 Å². The number of alkyl carbamates (subject to hydrolysis) is 1. The van der Waals surface area contributed by atoms with Crippen LogP contribution >= 0.6 is 11.6 Å². The van der Waals surface area contributed by atoms with Crippen molar-refractivity contribution in [2.75, 3.05) is 6.54 Å². The van der Waals surface area contributed by atoms with Crippen LogP contribution in [-0.2, 0) is 11.3 Å². The van der Waals surface area contributed by atoms with Gasteiger partial charge >= 0.3 is 6.09 Å². The summed E-state index contributed by atoms with van der Waals surface area (Å²) in [5.41, 5.74) is -0.221. The molecular weight excluding hydrogens is 331 g/mol. The lowest BCUT2D eigenvalue weighted by molar-refractivity contribution is 0.0509. The van der Waals surface area contributed by atoms with Gasteiger partial charge in [-0.3, -0.25) is 0 Å². The number of hydrogen-bond donors (Lipinski definition) is 2. The second-order valence-electron chi connectivity index (χ2n) is 7.41. The maximum atomic E-state index is 14.0.